The fraction of sp³-hybridized carbons (Fsp3) is 1.00. The van der Waals surface area contributed by atoms with Crippen molar-refractivity contribution in [2.75, 3.05) is 47.3 Å². The van der Waals surface area contributed by atoms with Gasteiger partial charge in [-0.3, -0.25) is 0 Å². The van der Waals surface area contributed by atoms with E-state index in [0.29, 0.717) is 6.54 Å². The summed E-state index contributed by atoms with van der Waals surface area (Å²) in [6.45, 7) is 5.30. The van der Waals surface area contributed by atoms with Crippen molar-refractivity contribution in [1.29, 1.82) is 0 Å². The number of likely N-dealkylation sites (N-methyl/N-ethyl adjacent to an activating group) is 2. The second-order valence-electron chi connectivity index (χ2n) is 4.91. The highest BCUT2D eigenvalue weighted by molar-refractivity contribution is 4.73. The van der Waals surface area contributed by atoms with Crippen LogP contribution < -0.4 is 5.73 Å². The number of hydrogen-bond acceptors (Lipinski definition) is 4. The summed E-state index contributed by atoms with van der Waals surface area (Å²) in [6, 6.07) is 0. The maximum Gasteiger partial charge on any atom is 0.0741 e. The van der Waals surface area contributed by atoms with Crippen LogP contribution in [0.25, 0.3) is 0 Å². The molecule has 15 heavy (non-hydrogen) atoms. The standard InChI is InChI=1S/C11H27N3O/c1-11(15,10-12)6-5-7-14(4)9-8-13(2)3/h15H,5-10,12H2,1-4H3. The normalized spacial score (nSPS) is 16.0. The third-order valence-electron chi connectivity index (χ3n) is 2.62. The summed E-state index contributed by atoms with van der Waals surface area (Å²) in [6.07, 6.45) is 1.77. The summed E-state index contributed by atoms with van der Waals surface area (Å²) in [4.78, 5) is 4.46. The van der Waals surface area contributed by atoms with Gasteiger partial charge in [0, 0.05) is 19.6 Å². The third-order valence-corrected chi connectivity index (χ3v) is 2.62. The molecule has 1 atom stereocenters. The maximum absolute atomic E-state index is 9.70. The molecule has 1 unspecified atom stereocenters. The van der Waals surface area contributed by atoms with Crippen LogP contribution in [0.4, 0.5) is 0 Å². The Hall–Kier alpha value is -0.160. The van der Waals surface area contributed by atoms with E-state index in [-0.39, 0.29) is 0 Å². The van der Waals surface area contributed by atoms with Crippen molar-refractivity contribution >= 4 is 0 Å². The van der Waals surface area contributed by atoms with E-state index in [2.05, 4.69) is 30.9 Å². The number of nitrogens with two attached hydrogens (primary N) is 1. The molecule has 0 rings (SSSR count). The van der Waals surface area contributed by atoms with Crippen molar-refractivity contribution in [3.63, 3.8) is 0 Å². The molecule has 4 heteroatoms. The molecule has 4 nitrogen and oxygen atoms in total. The fourth-order valence-corrected chi connectivity index (χ4v) is 1.31. The van der Waals surface area contributed by atoms with Gasteiger partial charge in [0.05, 0.1) is 5.60 Å². The van der Waals surface area contributed by atoms with Gasteiger partial charge < -0.3 is 20.6 Å². The number of nitrogens with zero attached hydrogens (tertiary/aromatic N) is 2. The molecule has 0 aromatic heterocycles. The van der Waals surface area contributed by atoms with Gasteiger partial charge in [-0.2, -0.15) is 0 Å². The molecule has 0 amide bonds. The highest BCUT2D eigenvalue weighted by atomic mass is 16.3. The van der Waals surface area contributed by atoms with Crippen LogP contribution in [0.5, 0.6) is 0 Å². The molecule has 0 aromatic rings. The van der Waals surface area contributed by atoms with E-state index in [1.165, 1.54) is 0 Å². The highest BCUT2D eigenvalue weighted by Crippen LogP contribution is 2.09. The molecular formula is C11H27N3O. The summed E-state index contributed by atoms with van der Waals surface area (Å²) in [5.74, 6) is 0. The molecule has 3 N–H and O–H groups in total. The number of rotatable bonds is 8. The second-order valence-corrected chi connectivity index (χ2v) is 4.91. The Morgan fingerprint density at radius 3 is 2.20 bits per heavy atom. The predicted molar refractivity (Wildman–Crippen MR) is 65.0 cm³/mol. The van der Waals surface area contributed by atoms with Crippen molar-refractivity contribution in [3.05, 3.63) is 0 Å². The SMILES string of the molecule is CN(C)CCN(C)CCCC(C)(O)CN. The Morgan fingerprint density at radius 1 is 1.13 bits per heavy atom. The van der Waals surface area contributed by atoms with E-state index >= 15 is 0 Å². The van der Waals surface area contributed by atoms with Crippen LogP contribution in [0.3, 0.4) is 0 Å². The van der Waals surface area contributed by atoms with Crippen LogP contribution in [0, 0.1) is 0 Å². The van der Waals surface area contributed by atoms with Gasteiger partial charge in [-0.05, 0) is 47.5 Å². The average Bonchev–Trinajstić information content (AvgIpc) is 2.14. The zero-order valence-corrected chi connectivity index (χ0v) is 10.7. The summed E-state index contributed by atoms with van der Waals surface area (Å²) < 4.78 is 0. The fourth-order valence-electron chi connectivity index (χ4n) is 1.31. The topological polar surface area (TPSA) is 52.7 Å². The van der Waals surface area contributed by atoms with Crippen LogP contribution in [-0.2, 0) is 0 Å². The minimum atomic E-state index is -0.692. The van der Waals surface area contributed by atoms with Gasteiger partial charge in [-0.15, -0.1) is 0 Å². The molecule has 0 radical (unpaired) electrons. The minimum Gasteiger partial charge on any atom is -0.389 e. The van der Waals surface area contributed by atoms with E-state index in [4.69, 9.17) is 5.73 Å². The zero-order valence-electron chi connectivity index (χ0n) is 10.7. The first-order valence-corrected chi connectivity index (χ1v) is 5.63. The molecule has 0 bridgehead atoms. The number of hydrogen-bond donors (Lipinski definition) is 2. The van der Waals surface area contributed by atoms with E-state index < -0.39 is 5.60 Å². The van der Waals surface area contributed by atoms with Gasteiger partial charge in [0.1, 0.15) is 0 Å². The predicted octanol–water partition coefficient (Wildman–Crippen LogP) is -0.0303. The Kier molecular flexibility index (Phi) is 7.09. The van der Waals surface area contributed by atoms with Gasteiger partial charge in [0.2, 0.25) is 0 Å². The number of aliphatic hydroxyl groups is 1. The van der Waals surface area contributed by atoms with E-state index in [1.807, 2.05) is 0 Å². The second kappa shape index (κ2) is 7.17. The van der Waals surface area contributed by atoms with Crippen molar-refractivity contribution in [2.45, 2.75) is 25.4 Å². The zero-order chi connectivity index (χ0) is 11.9. The molecule has 0 aromatic carbocycles. The van der Waals surface area contributed by atoms with Crippen LogP contribution in [0.15, 0.2) is 0 Å². The van der Waals surface area contributed by atoms with Crippen molar-refractivity contribution in [2.24, 2.45) is 5.73 Å². The van der Waals surface area contributed by atoms with Crippen molar-refractivity contribution in [3.8, 4) is 0 Å². The van der Waals surface area contributed by atoms with Gasteiger partial charge in [0.15, 0.2) is 0 Å². The van der Waals surface area contributed by atoms with E-state index in [0.717, 1.165) is 32.5 Å². The van der Waals surface area contributed by atoms with E-state index in [1.54, 1.807) is 6.92 Å². The van der Waals surface area contributed by atoms with E-state index in [9.17, 15) is 5.11 Å². The monoisotopic (exact) mass is 217 g/mol. The van der Waals surface area contributed by atoms with Crippen LogP contribution in [-0.4, -0.2) is 67.8 Å². The molecule has 0 fully saturated rings. The molecule has 0 aliphatic carbocycles. The Balaban J connectivity index is 3.50. The lowest BCUT2D eigenvalue weighted by atomic mass is 10.0. The van der Waals surface area contributed by atoms with Gasteiger partial charge in [-0.25, -0.2) is 0 Å². The molecule has 92 valence electrons. The first kappa shape index (κ1) is 14.8. The molecule has 0 heterocycles. The Labute approximate surface area is 94.0 Å². The Bertz CT molecular complexity index is 160. The largest absolute Gasteiger partial charge is 0.389 e. The van der Waals surface area contributed by atoms with Gasteiger partial charge in [0.25, 0.3) is 0 Å². The lowest BCUT2D eigenvalue weighted by Gasteiger charge is -2.23. The quantitative estimate of drug-likeness (QED) is 0.599. The van der Waals surface area contributed by atoms with Crippen molar-refractivity contribution in [1.82, 2.24) is 9.80 Å². The van der Waals surface area contributed by atoms with Crippen LogP contribution in [0.2, 0.25) is 0 Å². The van der Waals surface area contributed by atoms with Gasteiger partial charge >= 0.3 is 0 Å². The molecule has 0 spiro atoms. The minimum absolute atomic E-state index is 0.342. The summed E-state index contributed by atoms with van der Waals surface area (Å²) in [7, 11) is 6.26. The van der Waals surface area contributed by atoms with Crippen LogP contribution >= 0.6 is 0 Å². The highest BCUT2D eigenvalue weighted by Gasteiger charge is 2.17. The molecular weight excluding hydrogens is 190 g/mol. The molecule has 0 aliphatic rings. The first-order chi connectivity index (χ1) is 6.87. The molecule has 0 saturated carbocycles. The molecule has 0 aliphatic heterocycles. The molecule has 0 saturated heterocycles. The van der Waals surface area contributed by atoms with Crippen LogP contribution in [0.1, 0.15) is 19.8 Å². The smallest absolute Gasteiger partial charge is 0.0741 e. The lowest BCUT2D eigenvalue weighted by molar-refractivity contribution is 0.0551. The Morgan fingerprint density at radius 2 is 1.73 bits per heavy atom. The maximum atomic E-state index is 9.70. The lowest BCUT2D eigenvalue weighted by Crippen LogP contribution is -2.35. The van der Waals surface area contributed by atoms with Crippen molar-refractivity contribution < 1.29 is 5.11 Å². The third kappa shape index (κ3) is 8.81. The summed E-state index contributed by atoms with van der Waals surface area (Å²) >= 11 is 0. The van der Waals surface area contributed by atoms with Gasteiger partial charge in [-0.1, -0.05) is 0 Å². The summed E-state index contributed by atoms with van der Waals surface area (Å²) in [5, 5.41) is 9.70. The average molecular weight is 217 g/mol. The first-order valence-electron chi connectivity index (χ1n) is 5.63. The summed E-state index contributed by atoms with van der Waals surface area (Å²) in [5.41, 5.74) is 4.76.